The van der Waals surface area contributed by atoms with Crippen LogP contribution in [0, 0.1) is 5.92 Å². The number of carbonyl (C=O) groups excluding carboxylic acids is 3. The first-order chi connectivity index (χ1) is 15.9. The number of para-hydroxylation sites is 1. The van der Waals surface area contributed by atoms with Gasteiger partial charge >= 0.3 is 0 Å². The van der Waals surface area contributed by atoms with E-state index in [0.717, 1.165) is 30.2 Å². The van der Waals surface area contributed by atoms with Crippen LogP contribution in [0.3, 0.4) is 0 Å². The van der Waals surface area contributed by atoms with Crippen LogP contribution in [-0.2, 0) is 16.1 Å². The highest BCUT2D eigenvalue weighted by molar-refractivity contribution is 6.29. The smallest absolute Gasteiger partial charge is 0.248 e. The van der Waals surface area contributed by atoms with Crippen molar-refractivity contribution in [2.24, 2.45) is 5.92 Å². The van der Waals surface area contributed by atoms with Crippen molar-refractivity contribution >= 4 is 45.9 Å². The van der Waals surface area contributed by atoms with Gasteiger partial charge in [-0.1, -0.05) is 42.3 Å². The summed E-state index contributed by atoms with van der Waals surface area (Å²) in [5, 5.41) is 8.25. The Bertz CT molecular complexity index is 1260. The van der Waals surface area contributed by atoms with Gasteiger partial charge in [-0.15, -0.1) is 0 Å². The van der Waals surface area contributed by atoms with Gasteiger partial charge in [-0.3, -0.25) is 19.1 Å². The average molecular weight is 466 g/mol. The van der Waals surface area contributed by atoms with E-state index in [0.29, 0.717) is 23.9 Å². The molecule has 1 N–H and O–H groups in total. The lowest BCUT2D eigenvalue weighted by atomic mass is 10.0. The van der Waals surface area contributed by atoms with Gasteiger partial charge in [0.05, 0.1) is 5.52 Å². The number of carbonyl (C=O) groups is 3. The molecule has 5 rings (SSSR count). The Morgan fingerprint density at radius 1 is 1.12 bits per heavy atom. The molecule has 1 saturated carbocycles. The third-order valence-electron chi connectivity index (χ3n) is 6.67. The molecule has 2 aromatic heterocycles. The fraction of sp³-hybridized carbons (Fsp3) is 0.375. The zero-order valence-corrected chi connectivity index (χ0v) is 19.0. The summed E-state index contributed by atoms with van der Waals surface area (Å²) in [6, 6.07) is 11.9. The van der Waals surface area contributed by atoms with Crippen LogP contribution in [0.1, 0.15) is 43.1 Å². The summed E-state index contributed by atoms with van der Waals surface area (Å²) in [6.45, 7) is 1.44. The predicted octanol–water partition coefficient (Wildman–Crippen LogP) is 3.70. The van der Waals surface area contributed by atoms with E-state index >= 15 is 0 Å². The van der Waals surface area contributed by atoms with Crippen molar-refractivity contribution in [2.45, 2.75) is 51.2 Å². The van der Waals surface area contributed by atoms with Gasteiger partial charge in [-0.05, 0) is 43.4 Å². The van der Waals surface area contributed by atoms with Crippen molar-refractivity contribution in [3.05, 3.63) is 53.3 Å². The van der Waals surface area contributed by atoms with E-state index in [1.165, 1.54) is 6.92 Å². The highest BCUT2D eigenvalue weighted by Gasteiger charge is 2.48. The van der Waals surface area contributed by atoms with E-state index in [4.69, 9.17) is 11.6 Å². The zero-order chi connectivity index (χ0) is 23.1. The highest BCUT2D eigenvalue weighted by atomic mass is 35.5. The molecule has 2 amide bonds. The van der Waals surface area contributed by atoms with Crippen molar-refractivity contribution in [3.63, 3.8) is 0 Å². The lowest BCUT2D eigenvalue weighted by Gasteiger charge is -2.29. The third kappa shape index (κ3) is 3.99. The number of anilines is 1. The lowest BCUT2D eigenvalue weighted by molar-refractivity contribution is -0.139. The van der Waals surface area contributed by atoms with Crippen LogP contribution < -0.4 is 5.32 Å². The Morgan fingerprint density at radius 2 is 1.94 bits per heavy atom. The number of aromatic nitrogens is 3. The molecule has 1 aliphatic carbocycles. The maximum absolute atomic E-state index is 13.6. The monoisotopic (exact) mass is 465 g/mol. The molecule has 33 heavy (non-hydrogen) atoms. The Hall–Kier alpha value is -3.26. The predicted molar refractivity (Wildman–Crippen MR) is 124 cm³/mol. The number of hydrogen-bond donors (Lipinski definition) is 1. The highest BCUT2D eigenvalue weighted by Crippen LogP contribution is 2.41. The summed E-state index contributed by atoms with van der Waals surface area (Å²) < 4.78 is 1.57. The minimum atomic E-state index is -0.581. The topological polar surface area (TPSA) is 97.2 Å². The van der Waals surface area contributed by atoms with Crippen molar-refractivity contribution in [1.29, 1.82) is 0 Å². The molecule has 2 fully saturated rings. The van der Waals surface area contributed by atoms with Crippen molar-refractivity contribution in [2.75, 3.05) is 5.32 Å². The van der Waals surface area contributed by atoms with Crippen LogP contribution in [0.15, 0.2) is 42.5 Å². The largest absolute Gasteiger partial charge is 0.326 e. The fourth-order valence-electron chi connectivity index (χ4n) is 5.29. The number of nitrogens with one attached hydrogen (secondary N) is 1. The van der Waals surface area contributed by atoms with Crippen LogP contribution in [-0.4, -0.2) is 49.3 Å². The Labute approximate surface area is 195 Å². The first-order valence-electron chi connectivity index (χ1n) is 11.1. The molecule has 3 aromatic rings. The minimum absolute atomic E-state index is 0.0315. The average Bonchev–Trinajstić information content (AvgIpc) is 3.47. The molecule has 0 radical (unpaired) electrons. The summed E-state index contributed by atoms with van der Waals surface area (Å²) in [5.74, 6) is 0.0789. The van der Waals surface area contributed by atoms with Crippen LogP contribution in [0.2, 0.25) is 5.15 Å². The number of likely N-dealkylation sites (tertiary alicyclic amines) is 1. The summed E-state index contributed by atoms with van der Waals surface area (Å²) in [6.07, 6.45) is 3.56. The minimum Gasteiger partial charge on any atom is -0.326 e. The molecule has 1 unspecified atom stereocenters. The van der Waals surface area contributed by atoms with Gasteiger partial charge < -0.3 is 10.2 Å². The van der Waals surface area contributed by atoms with E-state index < -0.39 is 6.04 Å². The number of Topliss-reactive ketones (excluding diaryl/α,β-unsaturated/α-hetero) is 1. The Morgan fingerprint density at radius 3 is 2.73 bits per heavy atom. The zero-order valence-electron chi connectivity index (χ0n) is 18.2. The lowest BCUT2D eigenvalue weighted by Crippen LogP contribution is -2.48. The standard InChI is InChI=1S/C24H24ClN5O3/c1-14(31)23-16-7-2-3-8-18(16)29(28-23)13-22(32)30-17-9-4-6-15(17)12-19(30)24(33)27-21-11-5-10-20(25)26-21/h2-3,5,7-8,10-11,15,17,19H,4,6,9,12-13H2,1H3,(H,26,27,33)/t15-,17-,19?/m0/s1. The first-order valence-corrected chi connectivity index (χ1v) is 11.5. The summed E-state index contributed by atoms with van der Waals surface area (Å²) in [5.41, 5.74) is 1.07. The summed E-state index contributed by atoms with van der Waals surface area (Å²) in [4.78, 5) is 44.7. The second-order valence-electron chi connectivity index (χ2n) is 8.73. The number of rotatable bonds is 5. The molecule has 9 heteroatoms. The molecule has 170 valence electrons. The van der Waals surface area contributed by atoms with Crippen molar-refractivity contribution in [1.82, 2.24) is 19.7 Å². The first kappa shape index (κ1) is 21.6. The number of fused-ring (bicyclic) bond motifs is 2. The van der Waals surface area contributed by atoms with Crippen molar-refractivity contribution < 1.29 is 14.4 Å². The van der Waals surface area contributed by atoms with Gasteiger partial charge in [0, 0.05) is 18.4 Å². The molecular weight excluding hydrogens is 442 g/mol. The van der Waals surface area contributed by atoms with Gasteiger partial charge in [0.15, 0.2) is 5.78 Å². The maximum atomic E-state index is 13.6. The van der Waals surface area contributed by atoms with Gasteiger partial charge in [-0.2, -0.15) is 5.10 Å². The normalized spacial score (nSPS) is 21.9. The van der Waals surface area contributed by atoms with Gasteiger partial charge in [0.25, 0.3) is 0 Å². The Balaban J connectivity index is 1.42. The number of halogens is 1. The second kappa shape index (κ2) is 8.59. The van der Waals surface area contributed by atoms with E-state index in [1.54, 1.807) is 27.8 Å². The molecule has 0 spiro atoms. The van der Waals surface area contributed by atoms with E-state index in [2.05, 4.69) is 15.4 Å². The quantitative estimate of drug-likeness (QED) is 0.457. The van der Waals surface area contributed by atoms with Gasteiger partial charge in [0.2, 0.25) is 11.8 Å². The SMILES string of the molecule is CC(=O)c1nn(CC(=O)N2C(C(=O)Nc3cccc(Cl)n3)C[C@@H]3CCC[C@@H]32)c2ccccc12. The van der Waals surface area contributed by atoms with E-state index in [-0.39, 0.29) is 35.3 Å². The maximum Gasteiger partial charge on any atom is 0.248 e. The molecule has 0 bridgehead atoms. The van der Waals surface area contributed by atoms with Gasteiger partial charge in [-0.25, -0.2) is 4.98 Å². The number of amides is 2. The Kier molecular flexibility index (Phi) is 5.62. The molecule has 1 saturated heterocycles. The van der Waals surface area contributed by atoms with Crippen LogP contribution in [0.25, 0.3) is 10.9 Å². The number of ketones is 1. The number of pyridine rings is 1. The van der Waals surface area contributed by atoms with Crippen LogP contribution in [0.4, 0.5) is 5.82 Å². The van der Waals surface area contributed by atoms with Crippen LogP contribution in [0.5, 0.6) is 0 Å². The molecule has 1 aromatic carbocycles. The molecule has 1 aliphatic heterocycles. The number of benzene rings is 1. The fourth-order valence-corrected chi connectivity index (χ4v) is 5.45. The third-order valence-corrected chi connectivity index (χ3v) is 6.88. The second-order valence-corrected chi connectivity index (χ2v) is 9.11. The summed E-state index contributed by atoms with van der Waals surface area (Å²) in [7, 11) is 0. The molecule has 3 atom stereocenters. The number of hydrogen-bond acceptors (Lipinski definition) is 5. The summed E-state index contributed by atoms with van der Waals surface area (Å²) >= 11 is 5.95. The molecule has 8 nitrogen and oxygen atoms in total. The van der Waals surface area contributed by atoms with E-state index in [1.807, 2.05) is 24.3 Å². The van der Waals surface area contributed by atoms with Gasteiger partial charge in [0.1, 0.15) is 29.3 Å². The molecule has 2 aliphatic rings. The molecule has 3 heterocycles. The molecular formula is C24H24ClN5O3. The van der Waals surface area contributed by atoms with Crippen LogP contribution >= 0.6 is 11.6 Å². The van der Waals surface area contributed by atoms with Crippen molar-refractivity contribution in [3.8, 4) is 0 Å². The number of nitrogens with zero attached hydrogens (tertiary/aromatic N) is 4. The van der Waals surface area contributed by atoms with E-state index in [9.17, 15) is 14.4 Å².